The van der Waals surface area contributed by atoms with Gasteiger partial charge in [0, 0.05) is 13.1 Å². The molecule has 4 heteroatoms. The minimum atomic E-state index is -0.223. The summed E-state index contributed by atoms with van der Waals surface area (Å²) in [7, 11) is 0. The Kier molecular flexibility index (Phi) is 4.15. The van der Waals surface area contributed by atoms with E-state index in [4.69, 9.17) is 4.74 Å². The van der Waals surface area contributed by atoms with Crippen molar-refractivity contribution in [3.63, 3.8) is 0 Å². The van der Waals surface area contributed by atoms with Gasteiger partial charge in [-0.3, -0.25) is 0 Å². The Morgan fingerprint density at radius 1 is 1.33 bits per heavy atom. The Hall–Kier alpha value is -1.55. The molecule has 1 aliphatic heterocycles. The highest BCUT2D eigenvalue weighted by atomic mass is 16.6. The summed E-state index contributed by atoms with van der Waals surface area (Å²) in [6.45, 7) is 1.83. The average Bonchev–Trinajstić information content (AvgIpc) is 2.86. The lowest BCUT2D eigenvalue weighted by Crippen LogP contribution is -2.45. The van der Waals surface area contributed by atoms with Crippen molar-refractivity contribution in [1.29, 1.82) is 0 Å². The van der Waals surface area contributed by atoms with Crippen molar-refractivity contribution >= 4 is 6.09 Å². The van der Waals surface area contributed by atoms with E-state index in [0.717, 1.165) is 50.8 Å². The molecule has 1 aromatic carbocycles. The van der Waals surface area contributed by atoms with Crippen LogP contribution >= 0.6 is 0 Å². The van der Waals surface area contributed by atoms with Gasteiger partial charge in [0.1, 0.15) is 6.61 Å². The zero-order chi connectivity index (χ0) is 14.7. The first kappa shape index (κ1) is 14.4. The first-order valence-corrected chi connectivity index (χ1v) is 7.81. The lowest BCUT2D eigenvalue weighted by Gasteiger charge is -2.39. The Balaban J connectivity index is 1.55. The van der Waals surface area contributed by atoms with Gasteiger partial charge >= 0.3 is 6.09 Å². The van der Waals surface area contributed by atoms with Crippen molar-refractivity contribution < 1.29 is 14.6 Å². The summed E-state index contributed by atoms with van der Waals surface area (Å²) < 4.78 is 5.42. The smallest absolute Gasteiger partial charge is 0.410 e. The van der Waals surface area contributed by atoms with Crippen LogP contribution in [0.25, 0.3) is 0 Å². The number of rotatable bonds is 2. The van der Waals surface area contributed by atoms with Gasteiger partial charge in [0.05, 0.1) is 6.10 Å². The summed E-state index contributed by atoms with van der Waals surface area (Å²) in [6, 6.07) is 9.75. The van der Waals surface area contributed by atoms with Gasteiger partial charge in [0.15, 0.2) is 0 Å². The molecule has 4 nitrogen and oxygen atoms in total. The fourth-order valence-corrected chi connectivity index (χ4v) is 3.72. The second kappa shape index (κ2) is 6.06. The molecule has 0 radical (unpaired) electrons. The van der Waals surface area contributed by atoms with Crippen molar-refractivity contribution in [2.75, 3.05) is 13.1 Å². The monoisotopic (exact) mass is 289 g/mol. The summed E-state index contributed by atoms with van der Waals surface area (Å²) in [6.07, 6.45) is 4.43. The normalized spacial score (nSPS) is 28.8. The summed E-state index contributed by atoms with van der Waals surface area (Å²) in [5.74, 6) is 0. The number of piperidine rings is 1. The first-order valence-electron chi connectivity index (χ1n) is 7.81. The van der Waals surface area contributed by atoms with Crippen molar-refractivity contribution in [1.82, 2.24) is 4.90 Å². The second-order valence-corrected chi connectivity index (χ2v) is 6.46. The molecular weight excluding hydrogens is 266 g/mol. The van der Waals surface area contributed by atoms with Crippen molar-refractivity contribution in [3.8, 4) is 0 Å². The number of carbonyl (C=O) groups is 1. The fourth-order valence-electron chi connectivity index (χ4n) is 3.72. The number of ether oxygens (including phenoxy) is 1. The Labute approximate surface area is 125 Å². The van der Waals surface area contributed by atoms with E-state index in [0.29, 0.717) is 6.61 Å². The lowest BCUT2D eigenvalue weighted by atomic mass is 9.78. The number of aliphatic hydroxyl groups excluding tert-OH is 1. The highest BCUT2D eigenvalue weighted by Gasteiger charge is 2.42. The maximum atomic E-state index is 12.2. The summed E-state index contributed by atoms with van der Waals surface area (Å²) in [4.78, 5) is 14.1. The molecule has 2 aliphatic rings. The third-order valence-electron chi connectivity index (χ3n) is 4.80. The fraction of sp³-hybridized carbons (Fsp3) is 0.588. The van der Waals surface area contributed by atoms with Crippen LogP contribution in [0.5, 0.6) is 0 Å². The van der Waals surface area contributed by atoms with Gasteiger partial charge in [-0.2, -0.15) is 0 Å². The molecule has 21 heavy (non-hydrogen) atoms. The number of hydrogen-bond acceptors (Lipinski definition) is 3. The van der Waals surface area contributed by atoms with Crippen molar-refractivity contribution in [3.05, 3.63) is 35.9 Å². The molecule has 2 atom stereocenters. The molecule has 0 aromatic heterocycles. The van der Waals surface area contributed by atoms with E-state index < -0.39 is 0 Å². The number of likely N-dealkylation sites (tertiary alicyclic amines) is 1. The molecular formula is C17H23NO3. The van der Waals surface area contributed by atoms with Gasteiger partial charge in [-0.1, -0.05) is 30.3 Å². The minimum absolute atomic E-state index is 0.128. The summed E-state index contributed by atoms with van der Waals surface area (Å²) in [5, 5.41) is 9.79. The predicted molar refractivity (Wildman–Crippen MR) is 79.7 cm³/mol. The molecule has 0 bridgehead atoms. The largest absolute Gasteiger partial charge is 0.445 e. The highest BCUT2D eigenvalue weighted by molar-refractivity contribution is 5.67. The molecule has 1 N–H and O–H groups in total. The SMILES string of the molecule is O=C(OCc1ccccc1)N1CCCC2(CCC(O)C2)C1. The van der Waals surface area contributed by atoms with Crippen LogP contribution in [0.2, 0.25) is 0 Å². The first-order chi connectivity index (χ1) is 10.2. The Morgan fingerprint density at radius 2 is 2.14 bits per heavy atom. The standard InChI is InChI=1S/C17H23NO3/c19-15-7-9-17(11-15)8-4-10-18(13-17)16(20)21-12-14-5-2-1-3-6-14/h1-3,5-6,15,19H,4,7-13H2. The van der Waals surface area contributed by atoms with E-state index in [1.807, 2.05) is 35.2 Å². The number of benzene rings is 1. The number of nitrogens with zero attached hydrogens (tertiary/aromatic N) is 1. The Bertz CT molecular complexity index is 486. The minimum Gasteiger partial charge on any atom is -0.445 e. The van der Waals surface area contributed by atoms with Crippen LogP contribution in [0, 0.1) is 5.41 Å². The van der Waals surface area contributed by atoms with E-state index in [9.17, 15) is 9.90 Å². The van der Waals surface area contributed by atoms with Crippen LogP contribution in [0.3, 0.4) is 0 Å². The molecule has 1 saturated heterocycles. The Morgan fingerprint density at radius 3 is 2.86 bits per heavy atom. The number of aliphatic hydroxyl groups is 1. The number of hydrogen-bond donors (Lipinski definition) is 1. The number of carbonyl (C=O) groups excluding carboxylic acids is 1. The highest BCUT2D eigenvalue weighted by Crippen LogP contribution is 2.44. The summed E-state index contributed by atoms with van der Waals surface area (Å²) >= 11 is 0. The van der Waals surface area contributed by atoms with E-state index in [2.05, 4.69) is 0 Å². The molecule has 1 aromatic rings. The molecule has 1 spiro atoms. The zero-order valence-corrected chi connectivity index (χ0v) is 12.3. The van der Waals surface area contributed by atoms with Crippen molar-refractivity contribution in [2.45, 2.75) is 44.8 Å². The molecule has 1 aliphatic carbocycles. The van der Waals surface area contributed by atoms with Gasteiger partial charge in [-0.05, 0) is 43.1 Å². The van der Waals surface area contributed by atoms with Gasteiger partial charge in [-0.25, -0.2) is 4.79 Å². The van der Waals surface area contributed by atoms with E-state index >= 15 is 0 Å². The zero-order valence-electron chi connectivity index (χ0n) is 12.3. The number of amides is 1. The van der Waals surface area contributed by atoms with Crippen LogP contribution in [-0.4, -0.2) is 35.3 Å². The molecule has 2 unspecified atom stereocenters. The van der Waals surface area contributed by atoms with Crippen LogP contribution < -0.4 is 0 Å². The quantitative estimate of drug-likeness (QED) is 0.910. The van der Waals surface area contributed by atoms with E-state index in [-0.39, 0.29) is 17.6 Å². The summed E-state index contributed by atoms with van der Waals surface area (Å²) in [5.41, 5.74) is 1.14. The maximum absolute atomic E-state index is 12.2. The van der Waals surface area contributed by atoms with Crippen molar-refractivity contribution in [2.24, 2.45) is 5.41 Å². The molecule has 114 valence electrons. The topological polar surface area (TPSA) is 49.8 Å². The molecule has 3 rings (SSSR count). The van der Waals surface area contributed by atoms with Crippen LogP contribution in [0.4, 0.5) is 4.79 Å². The molecule has 1 saturated carbocycles. The van der Waals surface area contributed by atoms with E-state index in [1.54, 1.807) is 0 Å². The third-order valence-corrected chi connectivity index (χ3v) is 4.80. The maximum Gasteiger partial charge on any atom is 0.410 e. The van der Waals surface area contributed by atoms with Gasteiger partial charge < -0.3 is 14.7 Å². The van der Waals surface area contributed by atoms with Crippen LogP contribution in [-0.2, 0) is 11.3 Å². The van der Waals surface area contributed by atoms with Gasteiger partial charge in [0.2, 0.25) is 0 Å². The molecule has 1 amide bonds. The third kappa shape index (κ3) is 3.38. The van der Waals surface area contributed by atoms with Gasteiger partial charge in [-0.15, -0.1) is 0 Å². The van der Waals surface area contributed by atoms with E-state index in [1.165, 1.54) is 0 Å². The van der Waals surface area contributed by atoms with Crippen LogP contribution in [0.1, 0.15) is 37.7 Å². The average molecular weight is 289 g/mol. The second-order valence-electron chi connectivity index (χ2n) is 6.46. The van der Waals surface area contributed by atoms with Crippen LogP contribution in [0.15, 0.2) is 30.3 Å². The predicted octanol–water partition coefficient (Wildman–Crippen LogP) is 2.95. The van der Waals surface area contributed by atoms with Gasteiger partial charge in [0.25, 0.3) is 0 Å². The lowest BCUT2D eigenvalue weighted by molar-refractivity contribution is 0.0470. The molecule has 2 fully saturated rings. The molecule has 1 heterocycles.